The molecule has 1 amide bonds. The number of benzene rings is 3. The zero-order valence-electron chi connectivity index (χ0n) is 22.7. The third-order valence-electron chi connectivity index (χ3n) is 6.08. The van der Waals surface area contributed by atoms with E-state index in [-0.39, 0.29) is 10.6 Å². The average Bonchev–Trinajstić information content (AvgIpc) is 3.36. The number of nitrogens with one attached hydrogen (secondary N) is 1. The first kappa shape index (κ1) is 29.0. The first-order valence-electron chi connectivity index (χ1n) is 12.6. The molecule has 0 aliphatic carbocycles. The Balaban J connectivity index is 1.64. The van der Waals surface area contributed by atoms with Crippen LogP contribution in [0.3, 0.4) is 0 Å². The van der Waals surface area contributed by atoms with Crippen LogP contribution in [-0.4, -0.2) is 52.5 Å². The number of aliphatic imine (C=N–C) groups is 1. The highest BCUT2D eigenvalue weighted by molar-refractivity contribution is 7.91. The number of sulfone groups is 1. The van der Waals surface area contributed by atoms with Gasteiger partial charge in [0.15, 0.2) is 26.5 Å². The Labute approximate surface area is 237 Å². The van der Waals surface area contributed by atoms with E-state index in [1.54, 1.807) is 63.9 Å². The van der Waals surface area contributed by atoms with E-state index in [0.29, 0.717) is 39.9 Å². The number of amides is 1. The Morgan fingerprint density at radius 1 is 1.05 bits per heavy atom. The second-order valence-corrected chi connectivity index (χ2v) is 12.0. The van der Waals surface area contributed by atoms with Gasteiger partial charge in [-0.1, -0.05) is 36.8 Å². The molecular weight excluding hydrogens is 550 g/mol. The molecule has 1 N–H and O–H groups in total. The van der Waals surface area contributed by atoms with Crippen molar-refractivity contribution in [1.82, 2.24) is 4.98 Å². The predicted molar refractivity (Wildman–Crippen MR) is 158 cm³/mol. The van der Waals surface area contributed by atoms with Crippen LogP contribution < -0.4 is 19.5 Å². The number of carbonyl (C=O) groups excluding carboxylic acids is 1. The molecule has 0 spiro atoms. The van der Waals surface area contributed by atoms with Crippen molar-refractivity contribution in [1.29, 1.82) is 0 Å². The maximum Gasteiger partial charge on any atom is 0.271 e. The molecule has 0 aliphatic rings. The molecule has 4 aromatic rings. The summed E-state index contributed by atoms with van der Waals surface area (Å²) in [5.41, 5.74) is 2.03. The van der Waals surface area contributed by atoms with Crippen molar-refractivity contribution in [2.24, 2.45) is 4.99 Å². The first-order valence-corrected chi connectivity index (χ1v) is 15.1. The van der Waals surface area contributed by atoms with Gasteiger partial charge in [-0.25, -0.2) is 13.4 Å². The van der Waals surface area contributed by atoms with Gasteiger partial charge in [0.1, 0.15) is 5.75 Å². The predicted octanol–water partition coefficient (Wildman–Crippen LogP) is 5.69. The van der Waals surface area contributed by atoms with Gasteiger partial charge in [-0.2, -0.15) is 0 Å². The maximum absolute atomic E-state index is 13.6. The topological polar surface area (TPSA) is 116 Å². The number of anilines is 1. The van der Waals surface area contributed by atoms with Crippen LogP contribution in [0, 0.1) is 0 Å². The molecule has 1 unspecified atom stereocenters. The Kier molecular flexibility index (Phi) is 9.38. The summed E-state index contributed by atoms with van der Waals surface area (Å²) in [7, 11) is 1.37. The fraction of sp³-hybridized carbons (Fsp3) is 0.276. The van der Waals surface area contributed by atoms with Gasteiger partial charge in [-0.3, -0.25) is 15.1 Å². The lowest BCUT2D eigenvalue weighted by atomic mass is 10.1. The molecule has 1 heterocycles. The summed E-state index contributed by atoms with van der Waals surface area (Å²) in [6.07, 6.45) is 2.00. The third kappa shape index (κ3) is 6.78. The standard InChI is InChI=1S/C29H31N3O6S2/c1-5-6-15-40(34,35)22-13-9-20(10-14-22)27(38-21-11-7-19(8-12-21)18-30-2)28(33)32-29-31-23-16-24(36-3)25(37-4)17-26(23)39-29/h7-14,16-18,27H,5-6,15H2,1-4H3,(H,31,32,33). The summed E-state index contributed by atoms with van der Waals surface area (Å²) in [5, 5.41) is 3.22. The van der Waals surface area contributed by atoms with E-state index in [1.165, 1.54) is 23.5 Å². The van der Waals surface area contributed by atoms with Crippen molar-refractivity contribution in [2.45, 2.75) is 30.8 Å². The monoisotopic (exact) mass is 581 g/mol. The van der Waals surface area contributed by atoms with Gasteiger partial charge in [0.2, 0.25) is 6.10 Å². The number of methoxy groups -OCH3 is 2. The highest BCUT2D eigenvalue weighted by atomic mass is 32.2. The number of fused-ring (bicyclic) bond motifs is 1. The smallest absolute Gasteiger partial charge is 0.271 e. The Morgan fingerprint density at radius 2 is 1.73 bits per heavy atom. The molecule has 3 aromatic carbocycles. The molecule has 1 atom stereocenters. The first-order chi connectivity index (χ1) is 19.3. The molecule has 1 aromatic heterocycles. The summed E-state index contributed by atoms with van der Waals surface area (Å²) in [6, 6.07) is 16.9. The van der Waals surface area contributed by atoms with Crippen LogP contribution in [0.4, 0.5) is 5.13 Å². The van der Waals surface area contributed by atoms with E-state index in [2.05, 4.69) is 15.3 Å². The van der Waals surface area contributed by atoms with Crippen LogP contribution in [-0.2, 0) is 14.6 Å². The van der Waals surface area contributed by atoms with Crippen molar-refractivity contribution in [3.05, 3.63) is 71.8 Å². The lowest BCUT2D eigenvalue weighted by Crippen LogP contribution is -2.25. The normalized spacial score (nSPS) is 12.4. The Hall–Kier alpha value is -3.96. The number of aromatic nitrogens is 1. The maximum atomic E-state index is 13.6. The molecule has 9 nitrogen and oxygen atoms in total. The third-order valence-corrected chi connectivity index (χ3v) is 8.83. The Morgan fingerprint density at radius 3 is 2.35 bits per heavy atom. The van der Waals surface area contributed by atoms with E-state index in [9.17, 15) is 13.2 Å². The molecule has 0 saturated carbocycles. The van der Waals surface area contributed by atoms with Crippen molar-refractivity contribution >= 4 is 48.6 Å². The van der Waals surface area contributed by atoms with Gasteiger partial charge >= 0.3 is 0 Å². The molecule has 0 fully saturated rings. The number of unbranched alkanes of at least 4 members (excludes halogenated alkanes) is 1. The van der Waals surface area contributed by atoms with Crippen LogP contribution in [0.2, 0.25) is 0 Å². The largest absolute Gasteiger partial charge is 0.493 e. The quantitative estimate of drug-likeness (QED) is 0.214. The SMILES string of the molecule is CCCCS(=O)(=O)c1ccc(C(Oc2ccc(C=NC)cc2)C(=O)Nc2nc3cc(OC)c(OC)cc3s2)cc1. The molecule has 210 valence electrons. The molecule has 0 radical (unpaired) electrons. The minimum Gasteiger partial charge on any atom is -0.493 e. The van der Waals surface area contributed by atoms with E-state index < -0.39 is 21.8 Å². The van der Waals surface area contributed by atoms with Gasteiger partial charge in [-0.05, 0) is 48.4 Å². The molecule has 4 rings (SSSR count). The van der Waals surface area contributed by atoms with E-state index in [4.69, 9.17) is 14.2 Å². The van der Waals surface area contributed by atoms with Gasteiger partial charge < -0.3 is 14.2 Å². The van der Waals surface area contributed by atoms with Crippen LogP contribution >= 0.6 is 11.3 Å². The fourth-order valence-corrected chi connectivity index (χ4v) is 6.31. The van der Waals surface area contributed by atoms with Crippen LogP contribution in [0.1, 0.15) is 37.0 Å². The van der Waals surface area contributed by atoms with Gasteiger partial charge in [0.25, 0.3) is 5.91 Å². The number of hydrogen-bond donors (Lipinski definition) is 1. The molecule has 0 bridgehead atoms. The van der Waals surface area contributed by atoms with Crippen LogP contribution in [0.5, 0.6) is 17.2 Å². The zero-order chi connectivity index (χ0) is 28.7. The number of nitrogens with zero attached hydrogens (tertiary/aromatic N) is 2. The lowest BCUT2D eigenvalue weighted by Gasteiger charge is -2.19. The van der Waals surface area contributed by atoms with Crippen molar-refractivity contribution < 1.29 is 27.4 Å². The number of rotatable bonds is 12. The minimum absolute atomic E-state index is 0.0733. The number of ether oxygens (including phenoxy) is 3. The zero-order valence-corrected chi connectivity index (χ0v) is 24.3. The van der Waals surface area contributed by atoms with Crippen LogP contribution in [0.25, 0.3) is 10.2 Å². The molecule has 11 heteroatoms. The van der Waals surface area contributed by atoms with Crippen molar-refractivity contribution in [3.63, 3.8) is 0 Å². The van der Waals surface area contributed by atoms with E-state index in [0.717, 1.165) is 16.7 Å². The molecule has 40 heavy (non-hydrogen) atoms. The lowest BCUT2D eigenvalue weighted by molar-refractivity contribution is -0.123. The van der Waals surface area contributed by atoms with Gasteiger partial charge in [0, 0.05) is 31.0 Å². The van der Waals surface area contributed by atoms with Gasteiger partial charge in [-0.15, -0.1) is 0 Å². The average molecular weight is 582 g/mol. The fourth-order valence-electron chi connectivity index (χ4n) is 3.97. The number of carbonyl (C=O) groups is 1. The van der Waals surface area contributed by atoms with E-state index >= 15 is 0 Å². The Bertz CT molecular complexity index is 1560. The summed E-state index contributed by atoms with van der Waals surface area (Å²) >= 11 is 1.29. The van der Waals surface area contributed by atoms with Gasteiger partial charge in [0.05, 0.1) is 35.1 Å². The molecular formula is C29H31N3O6S2. The molecule has 0 saturated heterocycles. The molecule has 0 aliphatic heterocycles. The second-order valence-electron chi connectivity index (χ2n) is 8.88. The minimum atomic E-state index is -3.41. The van der Waals surface area contributed by atoms with Crippen molar-refractivity contribution in [3.8, 4) is 17.2 Å². The summed E-state index contributed by atoms with van der Waals surface area (Å²) < 4.78 is 43.0. The second kappa shape index (κ2) is 12.9. The van der Waals surface area contributed by atoms with Crippen LogP contribution in [0.15, 0.2) is 70.6 Å². The van der Waals surface area contributed by atoms with Crippen molar-refractivity contribution in [2.75, 3.05) is 32.3 Å². The van der Waals surface area contributed by atoms with E-state index in [1.807, 2.05) is 19.1 Å². The summed E-state index contributed by atoms with van der Waals surface area (Å²) in [4.78, 5) is 22.3. The summed E-state index contributed by atoms with van der Waals surface area (Å²) in [6.45, 7) is 1.94. The highest BCUT2D eigenvalue weighted by Gasteiger charge is 2.25. The highest BCUT2D eigenvalue weighted by Crippen LogP contribution is 2.36. The summed E-state index contributed by atoms with van der Waals surface area (Å²) in [5.74, 6) is 1.17. The number of thiazole rings is 1. The number of hydrogen-bond acceptors (Lipinski definition) is 9.